The molecule has 1 aromatic heterocycles. The van der Waals surface area contributed by atoms with Crippen LogP contribution in [0.15, 0.2) is 24.3 Å². The Bertz CT molecular complexity index is 897. The molecule has 0 unspecified atom stereocenters. The quantitative estimate of drug-likeness (QED) is 0.816. The Hall–Kier alpha value is -2.34. The van der Waals surface area contributed by atoms with Gasteiger partial charge in [0.15, 0.2) is 0 Å². The zero-order chi connectivity index (χ0) is 19.2. The van der Waals surface area contributed by atoms with Crippen LogP contribution in [0.5, 0.6) is 0 Å². The topological polar surface area (TPSA) is 54.8 Å². The predicted octanol–water partition coefficient (Wildman–Crippen LogP) is 2.34. The minimum absolute atomic E-state index is 0.0475. The maximum Gasteiger partial charge on any atom is 0.271 e. The smallest absolute Gasteiger partial charge is 0.271 e. The first-order valence-corrected chi connectivity index (χ1v) is 9.67. The van der Waals surface area contributed by atoms with Crippen molar-refractivity contribution in [3.05, 3.63) is 35.5 Å². The molecule has 0 aliphatic carbocycles. The van der Waals surface area contributed by atoms with Gasteiger partial charge in [-0.05, 0) is 44.9 Å². The number of carbonyl (C=O) groups excluding carboxylic acids is 2. The summed E-state index contributed by atoms with van der Waals surface area (Å²) in [5, 5.41) is 1.06. The summed E-state index contributed by atoms with van der Waals surface area (Å²) in [6.07, 6.45) is 1.55. The first-order valence-electron chi connectivity index (χ1n) is 9.67. The number of aromatic nitrogens is 1. The summed E-state index contributed by atoms with van der Waals surface area (Å²) in [6, 6.07) is 8.14. The monoisotopic (exact) mass is 369 g/mol. The average molecular weight is 369 g/mol. The van der Waals surface area contributed by atoms with Crippen molar-refractivity contribution in [2.45, 2.75) is 32.2 Å². The van der Waals surface area contributed by atoms with E-state index in [2.05, 4.69) is 12.1 Å². The van der Waals surface area contributed by atoms with Crippen LogP contribution in [-0.4, -0.2) is 64.6 Å². The van der Waals surface area contributed by atoms with Gasteiger partial charge in [-0.1, -0.05) is 11.6 Å². The van der Waals surface area contributed by atoms with E-state index >= 15 is 0 Å². The highest BCUT2D eigenvalue weighted by molar-refractivity contribution is 6.02. The van der Waals surface area contributed by atoms with Gasteiger partial charge in [0.25, 0.3) is 5.91 Å². The van der Waals surface area contributed by atoms with Crippen LogP contribution in [0, 0.1) is 6.92 Å². The van der Waals surface area contributed by atoms with E-state index in [4.69, 9.17) is 4.74 Å². The Morgan fingerprint density at radius 3 is 2.59 bits per heavy atom. The van der Waals surface area contributed by atoms with Crippen LogP contribution in [-0.2, 0) is 16.6 Å². The van der Waals surface area contributed by atoms with Gasteiger partial charge >= 0.3 is 0 Å². The molecule has 2 fully saturated rings. The maximum atomic E-state index is 13.4. The minimum Gasteiger partial charge on any atom is -0.378 e. The molecule has 0 radical (unpaired) electrons. The molecule has 0 spiro atoms. The number of fused-ring (bicyclic) bond motifs is 1. The molecule has 144 valence electrons. The normalized spacial score (nSPS) is 23.2. The highest BCUT2D eigenvalue weighted by Gasteiger charge is 2.48. The number of amides is 2. The third-order valence-corrected chi connectivity index (χ3v) is 6.06. The van der Waals surface area contributed by atoms with Gasteiger partial charge in [-0.2, -0.15) is 0 Å². The fourth-order valence-corrected chi connectivity index (χ4v) is 4.43. The molecule has 0 saturated carbocycles. The average Bonchev–Trinajstić information content (AvgIpc) is 3.22. The van der Waals surface area contributed by atoms with Crippen molar-refractivity contribution in [2.75, 3.05) is 32.8 Å². The third-order valence-electron chi connectivity index (χ3n) is 6.06. The highest BCUT2D eigenvalue weighted by atomic mass is 16.5. The zero-order valence-electron chi connectivity index (χ0n) is 16.3. The number of nitrogens with zero attached hydrogens (tertiary/aromatic N) is 3. The molecule has 1 atom stereocenters. The lowest BCUT2D eigenvalue weighted by Gasteiger charge is -2.39. The van der Waals surface area contributed by atoms with Gasteiger partial charge in [0, 0.05) is 37.6 Å². The summed E-state index contributed by atoms with van der Waals surface area (Å²) in [6.45, 7) is 6.92. The van der Waals surface area contributed by atoms with Gasteiger partial charge in [-0.3, -0.25) is 9.59 Å². The van der Waals surface area contributed by atoms with E-state index in [1.54, 1.807) is 4.90 Å². The molecule has 0 bridgehead atoms. The maximum absolute atomic E-state index is 13.4. The van der Waals surface area contributed by atoms with Crippen LogP contribution in [0.1, 0.15) is 35.8 Å². The summed E-state index contributed by atoms with van der Waals surface area (Å²) in [5.41, 5.74) is 2.06. The minimum atomic E-state index is -0.777. The molecule has 2 amide bonds. The molecule has 6 nitrogen and oxygen atoms in total. The van der Waals surface area contributed by atoms with E-state index in [-0.39, 0.29) is 11.8 Å². The summed E-state index contributed by atoms with van der Waals surface area (Å²) in [4.78, 5) is 30.3. The summed E-state index contributed by atoms with van der Waals surface area (Å²) >= 11 is 0. The molecule has 6 heteroatoms. The Morgan fingerprint density at radius 1 is 1.11 bits per heavy atom. The van der Waals surface area contributed by atoms with Gasteiger partial charge < -0.3 is 19.1 Å². The SMILES string of the molecule is Cc1ccc2c(c1)cc(C(=O)N1CCC[C@]1(C)C(=O)N1CCOCC1)n2C. The summed E-state index contributed by atoms with van der Waals surface area (Å²) in [5.74, 6) is -0.0146. The second kappa shape index (κ2) is 6.68. The van der Waals surface area contributed by atoms with Gasteiger partial charge in [-0.15, -0.1) is 0 Å². The number of likely N-dealkylation sites (tertiary alicyclic amines) is 1. The van der Waals surface area contributed by atoms with Gasteiger partial charge in [0.2, 0.25) is 5.91 Å². The second-order valence-corrected chi connectivity index (χ2v) is 7.89. The van der Waals surface area contributed by atoms with Gasteiger partial charge in [0.05, 0.1) is 13.2 Å². The number of aryl methyl sites for hydroxylation is 2. The van der Waals surface area contributed by atoms with Crippen molar-refractivity contribution in [1.82, 2.24) is 14.4 Å². The molecule has 2 saturated heterocycles. The first-order chi connectivity index (χ1) is 12.9. The molecular weight excluding hydrogens is 342 g/mol. The lowest BCUT2D eigenvalue weighted by molar-refractivity contribution is -0.144. The van der Waals surface area contributed by atoms with Crippen molar-refractivity contribution >= 4 is 22.7 Å². The summed E-state index contributed by atoms with van der Waals surface area (Å²) < 4.78 is 7.31. The fourth-order valence-electron chi connectivity index (χ4n) is 4.43. The number of carbonyl (C=O) groups is 2. The van der Waals surface area contributed by atoms with E-state index in [0.717, 1.165) is 17.3 Å². The van der Waals surface area contributed by atoms with Crippen molar-refractivity contribution in [1.29, 1.82) is 0 Å². The molecule has 1 aromatic carbocycles. The standard InChI is InChI=1S/C21H27N3O3/c1-15-5-6-17-16(13-15)14-18(22(17)3)19(25)24-8-4-7-21(24,2)20(26)23-9-11-27-12-10-23/h5-6,13-14H,4,7-12H2,1-3H3/t21-/m1/s1. The largest absolute Gasteiger partial charge is 0.378 e. The number of benzene rings is 1. The van der Waals surface area contributed by atoms with Crippen LogP contribution >= 0.6 is 0 Å². The Balaban J connectivity index is 1.66. The van der Waals surface area contributed by atoms with Crippen LogP contribution in [0.25, 0.3) is 10.9 Å². The van der Waals surface area contributed by atoms with Crippen molar-refractivity contribution in [2.24, 2.45) is 7.05 Å². The number of ether oxygens (including phenoxy) is 1. The molecule has 2 aliphatic rings. The lowest BCUT2D eigenvalue weighted by atomic mass is 9.96. The van der Waals surface area contributed by atoms with E-state index in [1.165, 1.54) is 5.56 Å². The van der Waals surface area contributed by atoms with E-state index in [9.17, 15) is 9.59 Å². The Morgan fingerprint density at radius 2 is 1.85 bits per heavy atom. The molecule has 2 aliphatic heterocycles. The molecule has 4 rings (SSSR count). The molecule has 3 heterocycles. The van der Waals surface area contributed by atoms with E-state index < -0.39 is 5.54 Å². The lowest BCUT2D eigenvalue weighted by Crippen LogP contribution is -2.58. The van der Waals surface area contributed by atoms with Crippen molar-refractivity contribution < 1.29 is 14.3 Å². The van der Waals surface area contributed by atoms with E-state index in [0.29, 0.717) is 45.0 Å². The zero-order valence-corrected chi connectivity index (χ0v) is 16.3. The van der Waals surface area contributed by atoms with Crippen LogP contribution in [0.2, 0.25) is 0 Å². The van der Waals surface area contributed by atoms with Crippen LogP contribution < -0.4 is 0 Å². The van der Waals surface area contributed by atoms with Crippen LogP contribution in [0.3, 0.4) is 0 Å². The highest BCUT2D eigenvalue weighted by Crippen LogP contribution is 2.33. The number of hydrogen-bond donors (Lipinski definition) is 0. The number of hydrogen-bond acceptors (Lipinski definition) is 3. The van der Waals surface area contributed by atoms with Crippen molar-refractivity contribution in [3.8, 4) is 0 Å². The molecule has 27 heavy (non-hydrogen) atoms. The second-order valence-electron chi connectivity index (χ2n) is 7.89. The predicted molar refractivity (Wildman–Crippen MR) is 104 cm³/mol. The van der Waals surface area contributed by atoms with E-state index in [1.807, 2.05) is 42.5 Å². The molecular formula is C21H27N3O3. The Labute approximate surface area is 159 Å². The van der Waals surface area contributed by atoms with Gasteiger partial charge in [0.1, 0.15) is 11.2 Å². The number of morpholine rings is 1. The molecule has 2 aromatic rings. The first kappa shape index (κ1) is 18.0. The number of rotatable bonds is 2. The fraction of sp³-hybridized carbons (Fsp3) is 0.524. The summed E-state index contributed by atoms with van der Waals surface area (Å²) in [7, 11) is 1.92. The van der Waals surface area contributed by atoms with Gasteiger partial charge in [-0.25, -0.2) is 0 Å². The van der Waals surface area contributed by atoms with Crippen molar-refractivity contribution in [3.63, 3.8) is 0 Å². The Kier molecular flexibility index (Phi) is 4.46. The van der Waals surface area contributed by atoms with Crippen LogP contribution in [0.4, 0.5) is 0 Å². The molecule has 0 N–H and O–H groups in total. The third kappa shape index (κ3) is 2.92.